The number of hydrogen-bond donors (Lipinski definition) is 3. The molecular formula is C38H34N2O6S. The molecule has 0 saturated carbocycles. The van der Waals surface area contributed by atoms with Crippen LogP contribution in [0.3, 0.4) is 0 Å². The normalized spacial score (nSPS) is 17.6. The number of aliphatic hydroxyl groups excluding tert-OH is 1. The van der Waals surface area contributed by atoms with E-state index in [9.17, 15) is 19.8 Å². The van der Waals surface area contributed by atoms with Crippen molar-refractivity contribution in [1.29, 1.82) is 0 Å². The van der Waals surface area contributed by atoms with Crippen LogP contribution in [-0.2, 0) is 22.6 Å². The summed E-state index contributed by atoms with van der Waals surface area (Å²) in [5.41, 5.74) is 6.47. The number of carboxylic acids is 1. The number of carboxylic acid groups (broad SMARTS) is 1. The van der Waals surface area contributed by atoms with Crippen LogP contribution in [-0.4, -0.2) is 38.9 Å². The van der Waals surface area contributed by atoms with Crippen molar-refractivity contribution in [3.63, 3.8) is 0 Å². The number of aromatic nitrogens is 1. The lowest BCUT2D eigenvalue weighted by Crippen LogP contribution is -2.31. The van der Waals surface area contributed by atoms with Gasteiger partial charge in [-0.25, -0.2) is 4.79 Å². The van der Waals surface area contributed by atoms with Crippen molar-refractivity contribution < 1.29 is 29.3 Å². The van der Waals surface area contributed by atoms with E-state index < -0.39 is 12.3 Å². The number of aromatic carboxylic acids is 1. The van der Waals surface area contributed by atoms with Gasteiger partial charge in [-0.2, -0.15) is 0 Å². The minimum atomic E-state index is -0.958. The van der Waals surface area contributed by atoms with Crippen LogP contribution >= 0.6 is 11.8 Å². The standard InChI is InChI=1S/C38H34N2O6S/c41-23-25-10-12-28(13-11-25)34-20-32(24-47-35-9-2-1-8-33(35)37(43)44)45-38(46-34)29-16-14-27(15-17-29)30-6-3-5-26(19-30)21-40-36(42)31-7-4-18-39-22-31/h1-19,22,32,34,38,41H,20-21,23-24H2,(H,40,42)(H,43,44). The van der Waals surface area contributed by atoms with Crippen LogP contribution in [0.25, 0.3) is 11.1 Å². The Morgan fingerprint density at radius 2 is 1.62 bits per heavy atom. The lowest BCUT2D eigenvalue weighted by Gasteiger charge is -2.36. The average Bonchev–Trinajstić information content (AvgIpc) is 3.13. The van der Waals surface area contributed by atoms with E-state index in [1.54, 1.807) is 36.7 Å². The average molecular weight is 647 g/mol. The molecule has 4 aromatic carbocycles. The highest BCUT2D eigenvalue weighted by Gasteiger charge is 2.32. The van der Waals surface area contributed by atoms with E-state index in [1.807, 2.05) is 78.9 Å². The highest BCUT2D eigenvalue weighted by molar-refractivity contribution is 7.99. The van der Waals surface area contributed by atoms with Crippen LogP contribution in [0, 0.1) is 0 Å². The van der Waals surface area contributed by atoms with Crippen LogP contribution in [0.4, 0.5) is 0 Å². The Labute approximate surface area is 277 Å². The summed E-state index contributed by atoms with van der Waals surface area (Å²) in [4.78, 5) is 28.9. The van der Waals surface area contributed by atoms with Crippen LogP contribution in [0.1, 0.15) is 61.8 Å². The van der Waals surface area contributed by atoms with Gasteiger partial charge < -0.3 is 25.0 Å². The highest BCUT2D eigenvalue weighted by atomic mass is 32.2. The summed E-state index contributed by atoms with van der Waals surface area (Å²) < 4.78 is 13.0. The number of carbonyl (C=O) groups excluding carboxylic acids is 1. The van der Waals surface area contributed by atoms with E-state index in [0.29, 0.717) is 29.2 Å². The number of hydrogen-bond acceptors (Lipinski definition) is 7. The van der Waals surface area contributed by atoms with Crippen molar-refractivity contribution in [2.75, 3.05) is 5.75 Å². The Balaban J connectivity index is 1.17. The molecule has 1 aromatic heterocycles. The van der Waals surface area contributed by atoms with Gasteiger partial charge in [0.05, 0.1) is 29.9 Å². The van der Waals surface area contributed by atoms with Crippen molar-refractivity contribution >= 4 is 23.6 Å². The van der Waals surface area contributed by atoms with Gasteiger partial charge in [-0.05, 0) is 58.1 Å². The molecule has 238 valence electrons. The van der Waals surface area contributed by atoms with Crippen molar-refractivity contribution in [3.8, 4) is 11.1 Å². The summed E-state index contributed by atoms with van der Waals surface area (Å²) in [7, 11) is 0. The summed E-state index contributed by atoms with van der Waals surface area (Å²) in [6.45, 7) is 0.357. The second-order valence-electron chi connectivity index (χ2n) is 11.2. The Kier molecular flexibility index (Phi) is 10.4. The topological polar surface area (TPSA) is 118 Å². The molecule has 0 spiro atoms. The van der Waals surface area contributed by atoms with Gasteiger partial charge in [-0.15, -0.1) is 11.8 Å². The fourth-order valence-electron chi connectivity index (χ4n) is 5.45. The van der Waals surface area contributed by atoms with Gasteiger partial charge in [0, 0.05) is 41.6 Å². The molecule has 1 fully saturated rings. The first-order valence-corrected chi connectivity index (χ1v) is 16.3. The summed E-state index contributed by atoms with van der Waals surface area (Å²) in [5, 5.41) is 22.1. The Hall–Kier alpha value is -4.80. The number of nitrogens with one attached hydrogen (secondary N) is 1. The zero-order valence-electron chi connectivity index (χ0n) is 25.5. The van der Waals surface area contributed by atoms with E-state index in [0.717, 1.165) is 33.4 Å². The first-order valence-electron chi connectivity index (χ1n) is 15.3. The fraction of sp³-hybridized carbons (Fsp3) is 0.184. The molecule has 1 aliphatic heterocycles. The van der Waals surface area contributed by atoms with Crippen molar-refractivity contribution in [2.45, 2.75) is 43.0 Å². The Morgan fingerprint density at radius 3 is 2.36 bits per heavy atom. The molecule has 47 heavy (non-hydrogen) atoms. The molecule has 3 N–H and O–H groups in total. The number of benzene rings is 4. The molecule has 5 aromatic rings. The smallest absolute Gasteiger partial charge is 0.336 e. The molecule has 1 aliphatic rings. The zero-order chi connectivity index (χ0) is 32.6. The first-order chi connectivity index (χ1) is 23.0. The van der Waals surface area contributed by atoms with Crippen LogP contribution in [0.2, 0.25) is 0 Å². The summed E-state index contributed by atoms with van der Waals surface area (Å²) in [5.74, 6) is -0.580. The number of rotatable bonds is 11. The molecule has 9 heteroatoms. The maximum Gasteiger partial charge on any atom is 0.336 e. The van der Waals surface area contributed by atoms with Gasteiger partial charge in [0.2, 0.25) is 0 Å². The summed E-state index contributed by atoms with van der Waals surface area (Å²) >= 11 is 1.46. The quantitative estimate of drug-likeness (QED) is 0.129. The van der Waals surface area contributed by atoms with Gasteiger partial charge in [-0.3, -0.25) is 9.78 Å². The molecule has 0 aliphatic carbocycles. The zero-order valence-corrected chi connectivity index (χ0v) is 26.3. The maximum atomic E-state index is 12.5. The molecule has 2 heterocycles. The second kappa shape index (κ2) is 15.2. The second-order valence-corrected chi connectivity index (χ2v) is 12.3. The number of thioether (sulfide) groups is 1. The molecule has 1 amide bonds. The van der Waals surface area contributed by atoms with Gasteiger partial charge in [-0.1, -0.05) is 78.9 Å². The predicted octanol–water partition coefficient (Wildman–Crippen LogP) is 7.21. The molecule has 3 unspecified atom stereocenters. The summed E-state index contributed by atoms with van der Waals surface area (Å²) in [6.07, 6.45) is 2.69. The van der Waals surface area contributed by atoms with Crippen LogP contribution < -0.4 is 5.32 Å². The fourth-order valence-corrected chi connectivity index (χ4v) is 6.52. The number of amides is 1. The van der Waals surface area contributed by atoms with E-state index in [2.05, 4.69) is 16.4 Å². The van der Waals surface area contributed by atoms with Gasteiger partial charge in [0.1, 0.15) is 0 Å². The SMILES string of the molecule is O=C(NCc1cccc(-c2ccc(C3OC(CSc4ccccc4C(=O)O)CC(c4ccc(CO)cc4)O3)cc2)c1)c1cccnc1. The maximum absolute atomic E-state index is 12.5. The first kappa shape index (κ1) is 32.2. The molecule has 3 atom stereocenters. The minimum absolute atomic E-state index is 0.0327. The van der Waals surface area contributed by atoms with E-state index >= 15 is 0 Å². The van der Waals surface area contributed by atoms with Crippen molar-refractivity contribution in [2.24, 2.45) is 0 Å². The number of carbonyl (C=O) groups is 2. The molecule has 0 bridgehead atoms. The molecule has 0 radical (unpaired) electrons. The largest absolute Gasteiger partial charge is 0.478 e. The Bertz CT molecular complexity index is 1820. The predicted molar refractivity (Wildman–Crippen MR) is 180 cm³/mol. The number of aliphatic hydroxyl groups is 1. The molecule has 1 saturated heterocycles. The number of ether oxygens (including phenoxy) is 2. The molecular weight excluding hydrogens is 612 g/mol. The number of pyridine rings is 1. The van der Waals surface area contributed by atoms with E-state index in [-0.39, 0.29) is 30.3 Å². The third kappa shape index (κ3) is 8.14. The third-order valence-corrected chi connectivity index (χ3v) is 9.18. The lowest BCUT2D eigenvalue weighted by atomic mass is 9.99. The van der Waals surface area contributed by atoms with E-state index in [1.165, 1.54) is 11.8 Å². The van der Waals surface area contributed by atoms with Crippen molar-refractivity contribution in [1.82, 2.24) is 10.3 Å². The van der Waals surface area contributed by atoms with Crippen molar-refractivity contribution in [3.05, 3.63) is 155 Å². The summed E-state index contributed by atoms with van der Waals surface area (Å²) in [6, 6.07) is 34.3. The Morgan fingerprint density at radius 1 is 0.830 bits per heavy atom. The van der Waals surface area contributed by atoms with Crippen LogP contribution in [0.15, 0.2) is 126 Å². The molecule has 8 nitrogen and oxygen atoms in total. The highest BCUT2D eigenvalue weighted by Crippen LogP contribution is 2.40. The monoisotopic (exact) mass is 646 g/mol. The van der Waals surface area contributed by atoms with Gasteiger partial charge >= 0.3 is 5.97 Å². The van der Waals surface area contributed by atoms with Gasteiger partial charge in [0.15, 0.2) is 6.29 Å². The molecule has 6 rings (SSSR count). The third-order valence-electron chi connectivity index (χ3n) is 7.98. The lowest BCUT2D eigenvalue weighted by molar-refractivity contribution is -0.245. The van der Waals surface area contributed by atoms with Gasteiger partial charge in [0.25, 0.3) is 5.91 Å². The van der Waals surface area contributed by atoms with Crippen LogP contribution in [0.5, 0.6) is 0 Å². The van der Waals surface area contributed by atoms with E-state index in [4.69, 9.17) is 9.47 Å². The minimum Gasteiger partial charge on any atom is -0.478 e. The number of nitrogens with zero attached hydrogens (tertiary/aromatic N) is 1.